The number of hydrogen-bond acceptors (Lipinski definition) is 4. The number of halogens is 3. The molecule has 0 aliphatic carbocycles. The lowest BCUT2D eigenvalue weighted by Crippen LogP contribution is -2.32. The van der Waals surface area contributed by atoms with E-state index < -0.39 is 6.10 Å². The molecule has 4 aromatic rings. The van der Waals surface area contributed by atoms with Gasteiger partial charge in [-0.25, -0.2) is 4.68 Å². The highest BCUT2D eigenvalue weighted by molar-refractivity contribution is 6.35. The number of hydrogen-bond donors (Lipinski definition) is 1. The van der Waals surface area contributed by atoms with Gasteiger partial charge in [0.2, 0.25) is 5.95 Å². The molecule has 2 aliphatic heterocycles. The number of rotatable bonds is 2. The second-order valence-corrected chi connectivity index (χ2v) is 8.88. The van der Waals surface area contributed by atoms with E-state index in [9.17, 15) is 0 Å². The fourth-order valence-electron chi connectivity index (χ4n) is 4.35. The Kier molecular flexibility index (Phi) is 4.65. The minimum absolute atomic E-state index is 0.345. The largest absolute Gasteiger partial charge is 0.480 e. The zero-order chi connectivity index (χ0) is 21.8. The maximum Gasteiger partial charge on any atom is 0.226 e. The van der Waals surface area contributed by atoms with Crippen LogP contribution in [0.5, 0.6) is 5.75 Å². The molecule has 6 rings (SSSR count). The van der Waals surface area contributed by atoms with E-state index in [2.05, 4.69) is 15.4 Å². The highest BCUT2D eigenvalue weighted by Gasteiger charge is 2.41. The molecular formula is C24H15Cl3N4O. The summed E-state index contributed by atoms with van der Waals surface area (Å²) >= 11 is 19.1. The molecule has 0 unspecified atom stereocenters. The Morgan fingerprint density at radius 2 is 1.69 bits per heavy atom. The normalized spacial score (nSPS) is 18.8. The van der Waals surface area contributed by atoms with Crippen molar-refractivity contribution in [3.8, 4) is 5.75 Å². The quantitative estimate of drug-likeness (QED) is 0.342. The van der Waals surface area contributed by atoms with Crippen LogP contribution in [-0.2, 0) is 0 Å². The number of ether oxygens (including phenoxy) is 1. The fourth-order valence-corrected chi connectivity index (χ4v) is 4.99. The fraction of sp³-hybridized carbons (Fsp3) is 0.0833. The predicted octanol–water partition coefficient (Wildman–Crippen LogP) is 6.80. The Balaban J connectivity index is 1.64. The zero-order valence-corrected chi connectivity index (χ0v) is 18.7. The van der Waals surface area contributed by atoms with Crippen molar-refractivity contribution in [3.05, 3.63) is 110 Å². The van der Waals surface area contributed by atoms with Crippen LogP contribution in [0, 0.1) is 0 Å². The van der Waals surface area contributed by atoms with E-state index in [0.29, 0.717) is 21.0 Å². The van der Waals surface area contributed by atoms with Gasteiger partial charge in [-0.3, -0.25) is 0 Å². The van der Waals surface area contributed by atoms with Crippen molar-refractivity contribution in [2.75, 3.05) is 5.32 Å². The first-order chi connectivity index (χ1) is 15.6. The molecule has 1 aromatic heterocycles. The summed E-state index contributed by atoms with van der Waals surface area (Å²) in [7, 11) is 0. The van der Waals surface area contributed by atoms with Crippen LogP contribution >= 0.6 is 34.8 Å². The molecular weight excluding hydrogens is 467 g/mol. The Morgan fingerprint density at radius 1 is 0.906 bits per heavy atom. The Morgan fingerprint density at radius 3 is 2.50 bits per heavy atom. The summed E-state index contributed by atoms with van der Waals surface area (Å²) in [5.41, 5.74) is 4.70. The number of aromatic nitrogens is 3. The minimum Gasteiger partial charge on any atom is -0.480 e. The lowest BCUT2D eigenvalue weighted by atomic mass is 9.84. The molecule has 5 nitrogen and oxygen atoms in total. The standard InChI is InChI=1S/C24H15Cl3N4O/c25-14-7-5-13(6-8-14)23-20-21(17-3-1-2-4-19(17)32-23)30-24-28-12-29-31(24)22(20)16-10-9-15(26)11-18(16)27/h1-12,22-23H,(H,28,29,30)/t22-,23+/m1/s1. The molecule has 158 valence electrons. The van der Waals surface area contributed by atoms with Crippen LogP contribution in [0.4, 0.5) is 5.95 Å². The maximum atomic E-state index is 6.70. The van der Waals surface area contributed by atoms with Crippen molar-refractivity contribution in [1.29, 1.82) is 0 Å². The number of anilines is 1. The summed E-state index contributed by atoms with van der Waals surface area (Å²) in [4.78, 5) is 4.43. The van der Waals surface area contributed by atoms with Crippen molar-refractivity contribution in [2.45, 2.75) is 12.1 Å². The van der Waals surface area contributed by atoms with Gasteiger partial charge in [0.05, 0.1) is 5.70 Å². The Hall–Kier alpha value is -2.99. The molecule has 0 fully saturated rings. The summed E-state index contributed by atoms with van der Waals surface area (Å²) in [6, 6.07) is 20.8. The third-order valence-corrected chi connectivity index (χ3v) is 6.57. The number of nitrogens with zero attached hydrogens (tertiary/aromatic N) is 3. The molecule has 8 heteroatoms. The maximum absolute atomic E-state index is 6.70. The van der Waals surface area contributed by atoms with Gasteiger partial charge in [-0.15, -0.1) is 0 Å². The summed E-state index contributed by atoms with van der Waals surface area (Å²) < 4.78 is 8.39. The van der Waals surface area contributed by atoms with E-state index >= 15 is 0 Å². The molecule has 0 radical (unpaired) electrons. The SMILES string of the molecule is Clc1ccc([C@@H]2Oc3ccccc3C3=C2[C@@H](c2ccc(Cl)cc2Cl)n2ncnc2N3)cc1. The van der Waals surface area contributed by atoms with Gasteiger partial charge in [-0.2, -0.15) is 10.1 Å². The van der Waals surface area contributed by atoms with Gasteiger partial charge in [0.1, 0.15) is 24.2 Å². The molecule has 3 heterocycles. The van der Waals surface area contributed by atoms with E-state index in [1.54, 1.807) is 6.07 Å². The van der Waals surface area contributed by atoms with E-state index in [0.717, 1.165) is 33.7 Å². The first-order valence-electron chi connectivity index (χ1n) is 9.97. The van der Waals surface area contributed by atoms with Gasteiger partial charge in [0.15, 0.2) is 0 Å². The molecule has 1 N–H and O–H groups in total. The van der Waals surface area contributed by atoms with Gasteiger partial charge in [0.25, 0.3) is 0 Å². The molecule has 3 aromatic carbocycles. The average Bonchev–Trinajstić information content (AvgIpc) is 3.27. The molecule has 2 aliphatic rings. The smallest absolute Gasteiger partial charge is 0.226 e. The molecule has 0 saturated heterocycles. The first-order valence-corrected chi connectivity index (χ1v) is 11.1. The van der Waals surface area contributed by atoms with Gasteiger partial charge >= 0.3 is 0 Å². The van der Waals surface area contributed by atoms with Gasteiger partial charge in [0, 0.05) is 26.2 Å². The summed E-state index contributed by atoms with van der Waals surface area (Å²) in [6.07, 6.45) is 1.14. The van der Waals surface area contributed by atoms with Crippen molar-refractivity contribution in [1.82, 2.24) is 14.8 Å². The predicted molar refractivity (Wildman–Crippen MR) is 126 cm³/mol. The Bertz CT molecular complexity index is 1380. The van der Waals surface area contributed by atoms with E-state index in [4.69, 9.17) is 39.5 Å². The highest BCUT2D eigenvalue weighted by atomic mass is 35.5. The molecule has 0 amide bonds. The van der Waals surface area contributed by atoms with E-state index in [-0.39, 0.29) is 6.04 Å². The average molecular weight is 482 g/mol. The van der Waals surface area contributed by atoms with Crippen LogP contribution in [0.25, 0.3) is 5.70 Å². The zero-order valence-electron chi connectivity index (χ0n) is 16.5. The van der Waals surface area contributed by atoms with Gasteiger partial charge in [-0.1, -0.05) is 65.1 Å². The third-order valence-electron chi connectivity index (χ3n) is 5.75. The molecule has 0 saturated carbocycles. The number of benzene rings is 3. The van der Waals surface area contributed by atoms with Crippen molar-refractivity contribution in [3.63, 3.8) is 0 Å². The van der Waals surface area contributed by atoms with Crippen molar-refractivity contribution < 1.29 is 4.74 Å². The van der Waals surface area contributed by atoms with Crippen LogP contribution in [0.2, 0.25) is 15.1 Å². The Labute approximate surface area is 199 Å². The minimum atomic E-state index is -0.390. The second kappa shape index (κ2) is 7.55. The number of fused-ring (bicyclic) bond motifs is 3. The van der Waals surface area contributed by atoms with Crippen LogP contribution in [0.1, 0.15) is 28.8 Å². The lowest BCUT2D eigenvalue weighted by molar-refractivity contribution is 0.223. The van der Waals surface area contributed by atoms with Crippen LogP contribution in [0.15, 0.2) is 78.6 Å². The van der Waals surface area contributed by atoms with Crippen molar-refractivity contribution >= 4 is 46.4 Å². The van der Waals surface area contributed by atoms with E-state index in [1.807, 2.05) is 65.3 Å². The van der Waals surface area contributed by atoms with Crippen molar-refractivity contribution in [2.24, 2.45) is 0 Å². The van der Waals surface area contributed by atoms with E-state index in [1.165, 1.54) is 6.33 Å². The van der Waals surface area contributed by atoms with Crippen LogP contribution in [0.3, 0.4) is 0 Å². The second-order valence-electron chi connectivity index (χ2n) is 7.60. The van der Waals surface area contributed by atoms with Crippen LogP contribution < -0.4 is 10.1 Å². The highest BCUT2D eigenvalue weighted by Crippen LogP contribution is 2.51. The summed E-state index contributed by atoms with van der Waals surface area (Å²) in [6.45, 7) is 0. The molecule has 0 spiro atoms. The molecule has 32 heavy (non-hydrogen) atoms. The summed E-state index contributed by atoms with van der Waals surface area (Å²) in [5.74, 6) is 1.42. The van der Waals surface area contributed by atoms with Gasteiger partial charge in [-0.05, 0) is 47.5 Å². The third kappa shape index (κ3) is 3.08. The first kappa shape index (κ1) is 19.7. The van der Waals surface area contributed by atoms with Crippen LogP contribution in [-0.4, -0.2) is 14.8 Å². The lowest BCUT2D eigenvalue weighted by Gasteiger charge is -2.39. The molecule has 2 atom stereocenters. The molecule has 0 bridgehead atoms. The number of nitrogens with one attached hydrogen (secondary N) is 1. The van der Waals surface area contributed by atoms with Gasteiger partial charge < -0.3 is 10.1 Å². The summed E-state index contributed by atoms with van der Waals surface area (Å²) in [5, 5.41) is 9.76. The topological polar surface area (TPSA) is 52.0 Å². The monoisotopic (exact) mass is 480 g/mol. The number of para-hydroxylation sites is 1.